The molecule has 0 aliphatic rings. The van der Waals surface area contributed by atoms with E-state index >= 15 is 0 Å². The molecule has 0 saturated heterocycles. The molecule has 0 amide bonds. The third-order valence-corrected chi connectivity index (χ3v) is 2.40. The van der Waals surface area contributed by atoms with E-state index in [2.05, 4.69) is 27.2 Å². The van der Waals surface area contributed by atoms with Gasteiger partial charge in [0.2, 0.25) is 0 Å². The molecule has 0 aliphatic heterocycles. The summed E-state index contributed by atoms with van der Waals surface area (Å²) in [6.45, 7) is 3.31. The standard InChI is InChI=1S/C10H9BrO2/c1-2-13-10(12)9(11)8-6-4-3-5-7-8/h2-7,9H,1H2. The highest BCUT2D eigenvalue weighted by molar-refractivity contribution is 9.09. The van der Waals surface area contributed by atoms with E-state index in [1.165, 1.54) is 0 Å². The van der Waals surface area contributed by atoms with Crippen LogP contribution in [-0.4, -0.2) is 5.97 Å². The highest BCUT2D eigenvalue weighted by Crippen LogP contribution is 2.23. The molecular formula is C10H9BrO2. The SMILES string of the molecule is C=COC(=O)C(Br)c1ccccc1. The van der Waals surface area contributed by atoms with Gasteiger partial charge in [-0.05, 0) is 5.56 Å². The molecule has 1 unspecified atom stereocenters. The predicted octanol–water partition coefficient (Wildman–Crippen LogP) is 2.81. The topological polar surface area (TPSA) is 26.3 Å². The van der Waals surface area contributed by atoms with Crippen LogP contribution in [0.3, 0.4) is 0 Å². The minimum atomic E-state index is -0.424. The van der Waals surface area contributed by atoms with Crippen molar-refractivity contribution in [3.8, 4) is 0 Å². The van der Waals surface area contributed by atoms with Gasteiger partial charge in [-0.3, -0.25) is 4.79 Å². The Bertz CT molecular complexity index is 295. The Balaban J connectivity index is 2.73. The van der Waals surface area contributed by atoms with Crippen molar-refractivity contribution in [3.05, 3.63) is 48.7 Å². The summed E-state index contributed by atoms with van der Waals surface area (Å²) in [6.07, 6.45) is 1.12. The van der Waals surface area contributed by atoms with Gasteiger partial charge in [-0.25, -0.2) is 0 Å². The van der Waals surface area contributed by atoms with E-state index in [4.69, 9.17) is 0 Å². The fourth-order valence-electron chi connectivity index (χ4n) is 0.900. The Morgan fingerprint density at radius 2 is 2.08 bits per heavy atom. The zero-order chi connectivity index (χ0) is 9.68. The van der Waals surface area contributed by atoms with Crippen LogP contribution in [0.25, 0.3) is 0 Å². The number of carbonyl (C=O) groups excluding carboxylic acids is 1. The minimum absolute atomic E-state index is 0.360. The maximum atomic E-state index is 11.2. The smallest absolute Gasteiger partial charge is 0.329 e. The molecule has 0 aromatic heterocycles. The van der Waals surface area contributed by atoms with Crippen LogP contribution >= 0.6 is 15.9 Å². The van der Waals surface area contributed by atoms with Gasteiger partial charge in [0.1, 0.15) is 4.83 Å². The Morgan fingerprint density at radius 1 is 1.46 bits per heavy atom. The van der Waals surface area contributed by atoms with Crippen molar-refractivity contribution in [3.63, 3.8) is 0 Å². The van der Waals surface area contributed by atoms with Crippen LogP contribution in [0.1, 0.15) is 10.4 Å². The zero-order valence-corrected chi connectivity index (χ0v) is 8.53. The predicted molar refractivity (Wildman–Crippen MR) is 54.4 cm³/mol. The first kappa shape index (κ1) is 9.99. The highest BCUT2D eigenvalue weighted by Gasteiger charge is 2.16. The van der Waals surface area contributed by atoms with Gasteiger partial charge in [-0.15, -0.1) is 0 Å². The summed E-state index contributed by atoms with van der Waals surface area (Å²) in [6, 6.07) is 9.32. The first-order chi connectivity index (χ1) is 6.25. The maximum absolute atomic E-state index is 11.2. The third-order valence-electron chi connectivity index (χ3n) is 1.50. The average molecular weight is 241 g/mol. The summed E-state index contributed by atoms with van der Waals surface area (Å²) >= 11 is 3.23. The lowest BCUT2D eigenvalue weighted by Gasteiger charge is -2.06. The van der Waals surface area contributed by atoms with Crippen LogP contribution < -0.4 is 0 Å². The molecule has 2 nitrogen and oxygen atoms in total. The van der Waals surface area contributed by atoms with Crippen LogP contribution in [0.4, 0.5) is 0 Å². The molecule has 0 bridgehead atoms. The number of hydrogen-bond acceptors (Lipinski definition) is 2. The molecule has 0 saturated carbocycles. The van der Waals surface area contributed by atoms with Crippen LogP contribution in [0.15, 0.2) is 43.2 Å². The molecule has 0 heterocycles. The summed E-state index contributed by atoms with van der Waals surface area (Å²) in [5, 5.41) is 0. The van der Waals surface area contributed by atoms with Crippen molar-refractivity contribution in [1.29, 1.82) is 0 Å². The zero-order valence-electron chi connectivity index (χ0n) is 6.94. The van der Waals surface area contributed by atoms with Crippen LogP contribution in [-0.2, 0) is 9.53 Å². The summed E-state index contributed by atoms with van der Waals surface area (Å²) < 4.78 is 4.64. The number of ether oxygens (including phenoxy) is 1. The Labute approximate surface area is 85.3 Å². The fourth-order valence-corrected chi connectivity index (χ4v) is 1.31. The van der Waals surface area contributed by atoms with Crippen molar-refractivity contribution in [2.45, 2.75) is 4.83 Å². The summed E-state index contributed by atoms with van der Waals surface area (Å²) in [7, 11) is 0. The molecule has 3 heteroatoms. The second-order valence-electron chi connectivity index (χ2n) is 2.38. The van der Waals surface area contributed by atoms with Crippen LogP contribution in [0.2, 0.25) is 0 Å². The number of esters is 1. The molecule has 1 atom stereocenters. The van der Waals surface area contributed by atoms with Gasteiger partial charge >= 0.3 is 5.97 Å². The van der Waals surface area contributed by atoms with Crippen molar-refractivity contribution >= 4 is 21.9 Å². The number of halogens is 1. The van der Waals surface area contributed by atoms with E-state index in [-0.39, 0.29) is 5.97 Å². The second kappa shape index (κ2) is 4.82. The number of carbonyl (C=O) groups is 1. The first-order valence-electron chi connectivity index (χ1n) is 3.76. The van der Waals surface area contributed by atoms with Crippen LogP contribution in [0, 0.1) is 0 Å². The molecule has 0 aliphatic carbocycles. The monoisotopic (exact) mass is 240 g/mol. The third kappa shape index (κ3) is 2.70. The minimum Gasteiger partial charge on any atom is -0.434 e. The summed E-state index contributed by atoms with van der Waals surface area (Å²) in [4.78, 5) is 10.8. The van der Waals surface area contributed by atoms with Crippen molar-refractivity contribution in [1.82, 2.24) is 0 Å². The Kier molecular flexibility index (Phi) is 3.71. The highest BCUT2D eigenvalue weighted by atomic mass is 79.9. The molecule has 13 heavy (non-hydrogen) atoms. The normalized spacial score (nSPS) is 11.8. The molecular weight excluding hydrogens is 232 g/mol. The van der Waals surface area contributed by atoms with E-state index in [9.17, 15) is 4.79 Å². The average Bonchev–Trinajstić information content (AvgIpc) is 2.18. The molecule has 0 fully saturated rings. The number of alkyl halides is 1. The largest absolute Gasteiger partial charge is 0.434 e. The second-order valence-corrected chi connectivity index (χ2v) is 3.29. The van der Waals surface area contributed by atoms with Gasteiger partial charge in [0, 0.05) is 0 Å². The lowest BCUT2D eigenvalue weighted by atomic mass is 10.1. The van der Waals surface area contributed by atoms with Gasteiger partial charge in [0.15, 0.2) is 0 Å². The van der Waals surface area contributed by atoms with Crippen molar-refractivity contribution in [2.24, 2.45) is 0 Å². The summed E-state index contributed by atoms with van der Waals surface area (Å²) in [5.41, 5.74) is 0.870. The maximum Gasteiger partial charge on any atom is 0.329 e. The van der Waals surface area contributed by atoms with E-state index in [0.717, 1.165) is 11.8 Å². The molecule has 0 N–H and O–H groups in total. The lowest BCUT2D eigenvalue weighted by Crippen LogP contribution is -2.07. The van der Waals surface area contributed by atoms with Gasteiger partial charge in [0.05, 0.1) is 6.26 Å². The molecule has 1 aromatic carbocycles. The van der Waals surface area contributed by atoms with E-state index in [1.54, 1.807) is 0 Å². The van der Waals surface area contributed by atoms with Crippen molar-refractivity contribution < 1.29 is 9.53 Å². The van der Waals surface area contributed by atoms with Gasteiger partial charge in [0.25, 0.3) is 0 Å². The molecule has 1 aromatic rings. The van der Waals surface area contributed by atoms with Crippen molar-refractivity contribution in [2.75, 3.05) is 0 Å². The fraction of sp³-hybridized carbons (Fsp3) is 0.100. The number of benzene rings is 1. The molecule has 68 valence electrons. The Morgan fingerprint density at radius 3 is 2.62 bits per heavy atom. The van der Waals surface area contributed by atoms with Crippen LogP contribution in [0.5, 0.6) is 0 Å². The molecule has 0 radical (unpaired) electrons. The lowest BCUT2D eigenvalue weighted by molar-refractivity contribution is -0.137. The van der Waals surface area contributed by atoms with Gasteiger partial charge in [-0.2, -0.15) is 0 Å². The van der Waals surface area contributed by atoms with E-state index in [0.29, 0.717) is 0 Å². The molecule has 0 spiro atoms. The number of rotatable bonds is 3. The van der Waals surface area contributed by atoms with Gasteiger partial charge in [-0.1, -0.05) is 52.8 Å². The van der Waals surface area contributed by atoms with Gasteiger partial charge < -0.3 is 4.74 Å². The van der Waals surface area contributed by atoms with E-state index in [1.807, 2.05) is 30.3 Å². The number of hydrogen-bond donors (Lipinski definition) is 0. The first-order valence-corrected chi connectivity index (χ1v) is 4.67. The quantitative estimate of drug-likeness (QED) is 0.462. The molecule has 1 rings (SSSR count). The summed E-state index contributed by atoms with van der Waals surface area (Å²) in [5.74, 6) is -0.360. The van der Waals surface area contributed by atoms with E-state index < -0.39 is 4.83 Å². The Hall–Kier alpha value is -1.09.